The van der Waals surface area contributed by atoms with Crippen LogP contribution in [0.5, 0.6) is 0 Å². The van der Waals surface area contributed by atoms with Gasteiger partial charge in [0.15, 0.2) is 0 Å². The average Bonchev–Trinajstić information content (AvgIpc) is 2.47. The van der Waals surface area contributed by atoms with Crippen LogP contribution in [0.3, 0.4) is 0 Å². The van der Waals surface area contributed by atoms with Crippen molar-refractivity contribution in [1.29, 1.82) is 0 Å². The van der Waals surface area contributed by atoms with Gasteiger partial charge in [0.05, 0.1) is 0 Å². The van der Waals surface area contributed by atoms with Crippen LogP contribution in [0.25, 0.3) is 0 Å². The maximum Gasteiger partial charge on any atom is 0.132 e. The Labute approximate surface area is 116 Å². The van der Waals surface area contributed by atoms with Gasteiger partial charge in [-0.3, -0.25) is 0 Å². The van der Waals surface area contributed by atoms with E-state index >= 15 is 0 Å². The molecule has 0 atom stereocenters. The van der Waals surface area contributed by atoms with E-state index in [1.807, 2.05) is 13.1 Å². The molecule has 19 heavy (non-hydrogen) atoms. The summed E-state index contributed by atoms with van der Waals surface area (Å²) in [5, 5.41) is 6.69. The van der Waals surface area contributed by atoms with Gasteiger partial charge >= 0.3 is 0 Å². The second-order valence-corrected chi connectivity index (χ2v) is 5.43. The monoisotopic (exact) mass is 262 g/mol. The Morgan fingerprint density at radius 1 is 1.11 bits per heavy atom. The zero-order chi connectivity index (χ0) is 13.7. The zero-order valence-corrected chi connectivity index (χ0v) is 12.4. The molecule has 4 heteroatoms. The summed E-state index contributed by atoms with van der Waals surface area (Å²) >= 11 is 0. The minimum atomic E-state index is 0.576. The molecule has 2 rings (SSSR count). The van der Waals surface area contributed by atoms with E-state index in [0.717, 1.165) is 29.8 Å². The molecule has 0 saturated heterocycles. The van der Waals surface area contributed by atoms with Crippen molar-refractivity contribution in [2.75, 3.05) is 17.7 Å². The molecule has 0 amide bonds. The summed E-state index contributed by atoms with van der Waals surface area (Å²) in [4.78, 5) is 9.00. The SMILES string of the molecule is CCc1nc(NC)cc(NC2CCC(CC)CC2)n1. The molecule has 1 aliphatic rings. The summed E-state index contributed by atoms with van der Waals surface area (Å²) in [6.07, 6.45) is 7.41. The van der Waals surface area contributed by atoms with Crippen LogP contribution < -0.4 is 10.6 Å². The smallest absolute Gasteiger partial charge is 0.132 e. The van der Waals surface area contributed by atoms with Crippen LogP contribution in [0.4, 0.5) is 11.6 Å². The first-order chi connectivity index (χ1) is 9.25. The summed E-state index contributed by atoms with van der Waals surface area (Å²) in [7, 11) is 1.90. The van der Waals surface area contributed by atoms with Crippen molar-refractivity contribution in [3.8, 4) is 0 Å². The van der Waals surface area contributed by atoms with Crippen molar-refractivity contribution in [1.82, 2.24) is 9.97 Å². The molecular weight excluding hydrogens is 236 g/mol. The van der Waals surface area contributed by atoms with Gasteiger partial charge in [-0.15, -0.1) is 0 Å². The fraction of sp³-hybridized carbons (Fsp3) is 0.733. The molecule has 0 aliphatic heterocycles. The third-order valence-electron chi connectivity index (χ3n) is 4.12. The maximum absolute atomic E-state index is 4.57. The number of aromatic nitrogens is 2. The van der Waals surface area contributed by atoms with Crippen molar-refractivity contribution in [2.45, 2.75) is 58.4 Å². The highest BCUT2D eigenvalue weighted by Gasteiger charge is 2.20. The molecule has 1 aromatic rings. The van der Waals surface area contributed by atoms with Crippen molar-refractivity contribution < 1.29 is 0 Å². The maximum atomic E-state index is 4.57. The molecule has 106 valence electrons. The van der Waals surface area contributed by atoms with Gasteiger partial charge in [0.2, 0.25) is 0 Å². The predicted octanol–water partition coefficient (Wildman–Crippen LogP) is 3.46. The van der Waals surface area contributed by atoms with Crippen molar-refractivity contribution >= 4 is 11.6 Å². The van der Waals surface area contributed by atoms with Crippen molar-refractivity contribution in [2.24, 2.45) is 5.92 Å². The molecule has 0 radical (unpaired) electrons. The Morgan fingerprint density at radius 3 is 2.37 bits per heavy atom. The molecule has 1 heterocycles. The lowest BCUT2D eigenvalue weighted by atomic mass is 9.84. The van der Waals surface area contributed by atoms with Gasteiger partial charge in [-0.05, 0) is 31.6 Å². The molecule has 2 N–H and O–H groups in total. The number of hydrogen-bond donors (Lipinski definition) is 2. The van der Waals surface area contributed by atoms with E-state index in [4.69, 9.17) is 0 Å². The Hall–Kier alpha value is -1.32. The first-order valence-electron chi connectivity index (χ1n) is 7.57. The Bertz CT molecular complexity index is 375. The van der Waals surface area contributed by atoms with E-state index in [-0.39, 0.29) is 0 Å². The van der Waals surface area contributed by atoms with E-state index in [1.54, 1.807) is 0 Å². The number of rotatable bonds is 5. The number of nitrogens with one attached hydrogen (secondary N) is 2. The van der Waals surface area contributed by atoms with Crippen LogP contribution in [0.2, 0.25) is 0 Å². The third kappa shape index (κ3) is 3.82. The van der Waals surface area contributed by atoms with Gasteiger partial charge in [0, 0.05) is 25.6 Å². The van der Waals surface area contributed by atoms with Gasteiger partial charge in [-0.25, -0.2) is 9.97 Å². The minimum Gasteiger partial charge on any atom is -0.373 e. The lowest BCUT2D eigenvalue weighted by Gasteiger charge is -2.28. The number of anilines is 2. The van der Waals surface area contributed by atoms with E-state index in [0.29, 0.717) is 6.04 Å². The molecule has 0 bridgehead atoms. The normalized spacial score (nSPS) is 23.1. The molecule has 1 fully saturated rings. The van der Waals surface area contributed by atoms with E-state index in [2.05, 4.69) is 34.4 Å². The minimum absolute atomic E-state index is 0.576. The van der Waals surface area contributed by atoms with Gasteiger partial charge in [0.25, 0.3) is 0 Å². The summed E-state index contributed by atoms with van der Waals surface area (Å²) in [5.41, 5.74) is 0. The fourth-order valence-corrected chi connectivity index (χ4v) is 2.78. The van der Waals surface area contributed by atoms with E-state index in [9.17, 15) is 0 Å². The second kappa shape index (κ2) is 6.73. The summed E-state index contributed by atoms with van der Waals surface area (Å²) < 4.78 is 0. The summed E-state index contributed by atoms with van der Waals surface area (Å²) in [6, 6.07) is 2.58. The number of aryl methyl sites for hydroxylation is 1. The highest BCUT2D eigenvalue weighted by molar-refractivity contribution is 5.47. The molecule has 1 aromatic heterocycles. The topological polar surface area (TPSA) is 49.8 Å². The third-order valence-corrected chi connectivity index (χ3v) is 4.12. The highest BCUT2D eigenvalue weighted by atomic mass is 15.1. The van der Waals surface area contributed by atoms with Gasteiger partial charge < -0.3 is 10.6 Å². The first-order valence-corrected chi connectivity index (χ1v) is 7.57. The van der Waals surface area contributed by atoms with Gasteiger partial charge in [-0.1, -0.05) is 20.3 Å². The van der Waals surface area contributed by atoms with Crippen LogP contribution in [0, 0.1) is 5.92 Å². The quantitative estimate of drug-likeness (QED) is 0.853. The van der Waals surface area contributed by atoms with Crippen LogP contribution >= 0.6 is 0 Å². The standard InChI is InChI=1S/C15H26N4/c1-4-11-6-8-12(9-7-11)17-15-10-14(16-3)18-13(5-2)19-15/h10-12H,4-9H2,1-3H3,(H2,16,17,18,19). The van der Waals surface area contributed by atoms with Crippen molar-refractivity contribution in [3.05, 3.63) is 11.9 Å². The summed E-state index contributed by atoms with van der Waals surface area (Å²) in [5.74, 6) is 3.70. The van der Waals surface area contributed by atoms with E-state index in [1.165, 1.54) is 32.1 Å². The largest absolute Gasteiger partial charge is 0.373 e. The molecule has 0 spiro atoms. The Morgan fingerprint density at radius 2 is 1.79 bits per heavy atom. The number of hydrogen-bond acceptors (Lipinski definition) is 4. The predicted molar refractivity (Wildman–Crippen MR) is 80.6 cm³/mol. The van der Waals surface area contributed by atoms with Gasteiger partial charge in [-0.2, -0.15) is 0 Å². The fourth-order valence-electron chi connectivity index (χ4n) is 2.78. The van der Waals surface area contributed by atoms with Crippen LogP contribution in [0.1, 0.15) is 51.8 Å². The summed E-state index contributed by atoms with van der Waals surface area (Å²) in [6.45, 7) is 4.39. The average molecular weight is 262 g/mol. The molecule has 0 unspecified atom stereocenters. The van der Waals surface area contributed by atoms with Crippen LogP contribution in [-0.2, 0) is 6.42 Å². The number of nitrogens with zero attached hydrogens (tertiary/aromatic N) is 2. The molecule has 0 aromatic carbocycles. The van der Waals surface area contributed by atoms with Crippen LogP contribution in [-0.4, -0.2) is 23.1 Å². The highest BCUT2D eigenvalue weighted by Crippen LogP contribution is 2.28. The van der Waals surface area contributed by atoms with Gasteiger partial charge in [0.1, 0.15) is 17.5 Å². The lowest BCUT2D eigenvalue weighted by Crippen LogP contribution is -2.26. The van der Waals surface area contributed by atoms with Crippen molar-refractivity contribution in [3.63, 3.8) is 0 Å². The Balaban J connectivity index is 1.99. The molecule has 1 aliphatic carbocycles. The van der Waals surface area contributed by atoms with Crippen LogP contribution in [0.15, 0.2) is 6.07 Å². The Kier molecular flexibility index (Phi) is 5.00. The molecular formula is C15H26N4. The second-order valence-electron chi connectivity index (χ2n) is 5.43. The first kappa shape index (κ1) is 14.1. The molecule has 1 saturated carbocycles. The zero-order valence-electron chi connectivity index (χ0n) is 12.4. The van der Waals surface area contributed by atoms with E-state index < -0.39 is 0 Å². The lowest BCUT2D eigenvalue weighted by molar-refractivity contribution is 0.330. The molecule has 4 nitrogen and oxygen atoms in total.